The number of nitrogens with one attached hydrogen (secondary N) is 2. The van der Waals surface area contributed by atoms with Crippen LogP contribution in [0, 0.1) is 0 Å². The van der Waals surface area contributed by atoms with Crippen molar-refractivity contribution < 1.29 is 0 Å². The molecule has 0 aliphatic heterocycles. The van der Waals surface area contributed by atoms with Gasteiger partial charge in [-0.15, -0.1) is 0 Å². The topological polar surface area (TPSA) is 70.2 Å². The minimum Gasteiger partial charge on any atom is -0.282 e. The third-order valence-electron chi connectivity index (χ3n) is 5.67. The average molecular weight is 371 g/mol. The zero-order valence-corrected chi connectivity index (χ0v) is 16.6. The molecule has 0 spiro atoms. The number of aryl methyl sites for hydroxylation is 1. The van der Waals surface area contributed by atoms with Crippen LogP contribution in [0.2, 0.25) is 0 Å². The van der Waals surface area contributed by atoms with Crippen molar-refractivity contribution >= 4 is 10.8 Å². The van der Waals surface area contributed by atoms with Gasteiger partial charge in [-0.25, -0.2) is 4.98 Å². The van der Waals surface area contributed by atoms with Crippen molar-refractivity contribution in [2.24, 2.45) is 0 Å². The predicted molar refractivity (Wildman–Crippen MR) is 112 cm³/mol. The lowest BCUT2D eigenvalue weighted by atomic mass is 9.92. The van der Waals surface area contributed by atoms with E-state index in [0.29, 0.717) is 0 Å². The van der Waals surface area contributed by atoms with Gasteiger partial charge < -0.3 is 0 Å². The lowest BCUT2D eigenvalue weighted by Crippen LogP contribution is -2.11. The highest BCUT2D eigenvalue weighted by molar-refractivity contribution is 5.96. The Bertz CT molecular complexity index is 1160. The van der Waals surface area contributed by atoms with E-state index in [1.54, 1.807) is 0 Å². The number of benzene rings is 1. The molecule has 1 aromatic carbocycles. The molecular formula is C23H25N5. The number of aromatic amines is 2. The summed E-state index contributed by atoms with van der Waals surface area (Å²) in [5.41, 5.74) is 7.43. The largest absolute Gasteiger partial charge is 0.282 e. The lowest BCUT2D eigenvalue weighted by molar-refractivity contribution is 0.567. The molecule has 0 atom stereocenters. The maximum Gasteiger partial charge on any atom is 0.114 e. The Hall–Kier alpha value is -2.95. The van der Waals surface area contributed by atoms with Crippen LogP contribution in [-0.4, -0.2) is 25.4 Å². The molecule has 0 amide bonds. The smallest absolute Gasteiger partial charge is 0.114 e. The van der Waals surface area contributed by atoms with Gasteiger partial charge in [0.25, 0.3) is 0 Å². The second kappa shape index (κ2) is 6.30. The van der Waals surface area contributed by atoms with Gasteiger partial charge in [0.1, 0.15) is 11.4 Å². The van der Waals surface area contributed by atoms with Crippen LogP contribution in [0.5, 0.6) is 0 Å². The summed E-state index contributed by atoms with van der Waals surface area (Å²) < 4.78 is 0. The highest BCUT2D eigenvalue weighted by Crippen LogP contribution is 2.34. The summed E-state index contributed by atoms with van der Waals surface area (Å²) in [5, 5.41) is 18.0. The van der Waals surface area contributed by atoms with Gasteiger partial charge in [0.15, 0.2) is 0 Å². The number of rotatable bonds is 2. The third kappa shape index (κ3) is 2.82. The Kier molecular flexibility index (Phi) is 3.86. The number of H-pyrrole nitrogens is 2. The van der Waals surface area contributed by atoms with Crippen LogP contribution in [0.3, 0.4) is 0 Å². The van der Waals surface area contributed by atoms with Crippen LogP contribution in [0.4, 0.5) is 0 Å². The number of nitrogens with zero attached hydrogens (tertiary/aromatic N) is 3. The van der Waals surface area contributed by atoms with Crippen molar-refractivity contribution in [1.82, 2.24) is 25.4 Å². The van der Waals surface area contributed by atoms with Crippen LogP contribution < -0.4 is 0 Å². The molecule has 0 saturated carbocycles. The molecule has 3 heterocycles. The second-order valence-electron chi connectivity index (χ2n) is 8.73. The van der Waals surface area contributed by atoms with Gasteiger partial charge in [-0.1, -0.05) is 45.0 Å². The highest BCUT2D eigenvalue weighted by atomic mass is 15.1. The SMILES string of the molecule is CC(C)(C)c1cc(-c2nc(-c3n[nH]c4c3CCCC4)cc3ccccc23)n[nH]1. The highest BCUT2D eigenvalue weighted by Gasteiger charge is 2.22. The van der Waals surface area contributed by atoms with Crippen molar-refractivity contribution in [3.8, 4) is 22.8 Å². The van der Waals surface area contributed by atoms with Crippen LogP contribution in [0.15, 0.2) is 36.4 Å². The lowest BCUT2D eigenvalue weighted by Gasteiger charge is -2.14. The molecule has 142 valence electrons. The number of aromatic nitrogens is 5. The minimum absolute atomic E-state index is 0.0138. The number of fused-ring (bicyclic) bond motifs is 2. The first-order chi connectivity index (χ1) is 13.5. The van der Waals surface area contributed by atoms with Crippen molar-refractivity contribution in [3.63, 3.8) is 0 Å². The molecule has 5 rings (SSSR count). The zero-order valence-electron chi connectivity index (χ0n) is 16.6. The quantitative estimate of drug-likeness (QED) is 0.509. The number of hydrogen-bond donors (Lipinski definition) is 2. The minimum atomic E-state index is 0.0138. The van der Waals surface area contributed by atoms with E-state index >= 15 is 0 Å². The Balaban J connectivity index is 1.71. The molecule has 28 heavy (non-hydrogen) atoms. The summed E-state index contributed by atoms with van der Waals surface area (Å²) >= 11 is 0. The monoisotopic (exact) mass is 371 g/mol. The first-order valence-corrected chi connectivity index (χ1v) is 10.0. The van der Waals surface area contributed by atoms with Gasteiger partial charge >= 0.3 is 0 Å². The summed E-state index contributed by atoms with van der Waals surface area (Å²) in [7, 11) is 0. The van der Waals surface area contributed by atoms with E-state index in [0.717, 1.165) is 52.1 Å². The van der Waals surface area contributed by atoms with Crippen molar-refractivity contribution in [2.75, 3.05) is 0 Å². The fourth-order valence-corrected chi connectivity index (χ4v) is 4.04. The summed E-state index contributed by atoms with van der Waals surface area (Å²) in [6.07, 6.45) is 4.60. The van der Waals surface area contributed by atoms with Gasteiger partial charge in [-0.2, -0.15) is 10.2 Å². The van der Waals surface area contributed by atoms with Gasteiger partial charge in [0.2, 0.25) is 0 Å². The average Bonchev–Trinajstić information content (AvgIpc) is 3.34. The van der Waals surface area contributed by atoms with Crippen molar-refractivity contribution in [3.05, 3.63) is 53.3 Å². The Morgan fingerprint density at radius 2 is 1.68 bits per heavy atom. The molecule has 0 fully saturated rings. The molecule has 0 saturated heterocycles. The first-order valence-electron chi connectivity index (χ1n) is 10.0. The predicted octanol–water partition coefficient (Wildman–Crippen LogP) is 5.19. The summed E-state index contributed by atoms with van der Waals surface area (Å²) in [6, 6.07) is 12.7. The van der Waals surface area contributed by atoms with Gasteiger partial charge in [0.05, 0.1) is 11.4 Å². The summed E-state index contributed by atoms with van der Waals surface area (Å²) in [6.45, 7) is 6.55. The summed E-state index contributed by atoms with van der Waals surface area (Å²) in [5.74, 6) is 0. The van der Waals surface area contributed by atoms with E-state index in [2.05, 4.69) is 77.6 Å². The van der Waals surface area contributed by atoms with Gasteiger partial charge in [-0.05, 0) is 43.2 Å². The molecule has 1 aliphatic carbocycles. The Labute approximate surface area is 164 Å². The number of pyridine rings is 1. The van der Waals surface area contributed by atoms with E-state index in [4.69, 9.17) is 4.98 Å². The van der Waals surface area contributed by atoms with E-state index in [-0.39, 0.29) is 5.41 Å². The Morgan fingerprint density at radius 1 is 0.857 bits per heavy atom. The van der Waals surface area contributed by atoms with E-state index in [1.807, 2.05) is 0 Å². The van der Waals surface area contributed by atoms with E-state index in [9.17, 15) is 0 Å². The van der Waals surface area contributed by atoms with Gasteiger partial charge in [-0.3, -0.25) is 10.2 Å². The molecule has 5 nitrogen and oxygen atoms in total. The molecule has 0 unspecified atom stereocenters. The maximum absolute atomic E-state index is 5.05. The van der Waals surface area contributed by atoms with E-state index < -0.39 is 0 Å². The fraction of sp³-hybridized carbons (Fsp3) is 0.348. The van der Waals surface area contributed by atoms with Crippen molar-refractivity contribution in [2.45, 2.75) is 51.9 Å². The van der Waals surface area contributed by atoms with Gasteiger partial charge in [0, 0.05) is 27.8 Å². The normalized spacial score (nSPS) is 14.4. The first kappa shape index (κ1) is 17.2. The molecule has 1 aliphatic rings. The molecule has 3 aromatic heterocycles. The van der Waals surface area contributed by atoms with Crippen LogP contribution in [0.25, 0.3) is 33.5 Å². The fourth-order valence-electron chi connectivity index (χ4n) is 4.04. The standard InChI is InChI=1S/C23H25N5/c1-23(2,3)20-13-19(26-27-20)21-15-9-5-4-8-14(15)12-18(24-21)22-16-10-6-7-11-17(16)25-28-22/h4-5,8-9,12-13H,6-7,10-11H2,1-3H3,(H,25,28)(H,26,27). The van der Waals surface area contributed by atoms with E-state index in [1.165, 1.54) is 24.1 Å². The van der Waals surface area contributed by atoms with Crippen LogP contribution in [-0.2, 0) is 18.3 Å². The molecular weight excluding hydrogens is 346 g/mol. The van der Waals surface area contributed by atoms with Crippen molar-refractivity contribution in [1.29, 1.82) is 0 Å². The number of hydrogen-bond acceptors (Lipinski definition) is 3. The second-order valence-corrected chi connectivity index (χ2v) is 8.73. The summed E-state index contributed by atoms with van der Waals surface area (Å²) in [4.78, 5) is 5.05. The Morgan fingerprint density at radius 3 is 2.50 bits per heavy atom. The molecule has 4 aromatic rings. The molecule has 0 radical (unpaired) electrons. The van der Waals surface area contributed by atoms with Crippen LogP contribution in [0.1, 0.15) is 50.6 Å². The van der Waals surface area contributed by atoms with Crippen LogP contribution >= 0.6 is 0 Å². The maximum atomic E-state index is 5.05. The molecule has 2 N–H and O–H groups in total. The third-order valence-corrected chi connectivity index (χ3v) is 5.67. The zero-order chi connectivity index (χ0) is 19.3. The molecule has 0 bridgehead atoms. The molecule has 5 heteroatoms.